The number of nitrogens with two attached hydrogens (primary N) is 1. The van der Waals surface area contributed by atoms with Gasteiger partial charge in [-0.05, 0) is 13.8 Å². The van der Waals surface area contributed by atoms with Gasteiger partial charge in [0.15, 0.2) is 6.61 Å². The van der Waals surface area contributed by atoms with Crippen molar-refractivity contribution < 1.29 is 9.53 Å². The van der Waals surface area contributed by atoms with Crippen molar-refractivity contribution in [3.05, 3.63) is 23.5 Å². The van der Waals surface area contributed by atoms with E-state index in [4.69, 9.17) is 10.5 Å². The first-order valence-electron chi connectivity index (χ1n) is 3.93. The van der Waals surface area contributed by atoms with Crippen LogP contribution in [0, 0.1) is 13.8 Å². The summed E-state index contributed by atoms with van der Waals surface area (Å²) in [6, 6.07) is 0. The lowest BCUT2D eigenvalue weighted by Crippen LogP contribution is -2.20. The quantitative estimate of drug-likeness (QED) is 0.739. The SMILES string of the molecule is Cc1cncc(C)c1OCC(N)=O. The average molecular weight is 180 g/mol. The van der Waals surface area contributed by atoms with Crippen molar-refractivity contribution in [1.82, 2.24) is 4.98 Å². The van der Waals surface area contributed by atoms with Gasteiger partial charge in [0, 0.05) is 23.5 Å². The standard InChI is InChI=1S/C9H12N2O2/c1-6-3-11-4-7(2)9(6)13-5-8(10)12/h3-4H,5H2,1-2H3,(H2,10,12). The van der Waals surface area contributed by atoms with E-state index >= 15 is 0 Å². The van der Waals surface area contributed by atoms with Gasteiger partial charge in [0.05, 0.1) is 0 Å². The minimum Gasteiger partial charge on any atom is -0.483 e. The van der Waals surface area contributed by atoms with Crippen LogP contribution in [-0.2, 0) is 4.79 Å². The van der Waals surface area contributed by atoms with Crippen molar-refractivity contribution in [2.24, 2.45) is 5.73 Å². The zero-order valence-corrected chi connectivity index (χ0v) is 7.70. The van der Waals surface area contributed by atoms with Gasteiger partial charge in [0.2, 0.25) is 0 Å². The third-order valence-corrected chi connectivity index (χ3v) is 1.61. The summed E-state index contributed by atoms with van der Waals surface area (Å²) in [7, 11) is 0. The van der Waals surface area contributed by atoms with E-state index in [1.54, 1.807) is 12.4 Å². The van der Waals surface area contributed by atoms with Gasteiger partial charge in [0.1, 0.15) is 5.75 Å². The van der Waals surface area contributed by atoms with Crippen molar-refractivity contribution in [3.8, 4) is 5.75 Å². The van der Waals surface area contributed by atoms with Crippen LogP contribution < -0.4 is 10.5 Å². The van der Waals surface area contributed by atoms with Crippen LogP contribution in [-0.4, -0.2) is 17.5 Å². The molecule has 0 aliphatic rings. The van der Waals surface area contributed by atoms with Crippen LogP contribution in [0.5, 0.6) is 5.75 Å². The first kappa shape index (κ1) is 9.51. The first-order valence-corrected chi connectivity index (χ1v) is 3.93. The molecule has 0 aliphatic heterocycles. The van der Waals surface area contributed by atoms with Crippen LogP contribution in [0.3, 0.4) is 0 Å². The van der Waals surface area contributed by atoms with Gasteiger partial charge in [-0.2, -0.15) is 0 Å². The summed E-state index contributed by atoms with van der Waals surface area (Å²) in [5.41, 5.74) is 6.77. The smallest absolute Gasteiger partial charge is 0.255 e. The van der Waals surface area contributed by atoms with Crippen molar-refractivity contribution in [1.29, 1.82) is 0 Å². The number of amides is 1. The summed E-state index contributed by atoms with van der Waals surface area (Å²) in [6.45, 7) is 3.65. The maximum Gasteiger partial charge on any atom is 0.255 e. The Hall–Kier alpha value is -1.58. The molecule has 0 bridgehead atoms. The minimum absolute atomic E-state index is 0.0916. The summed E-state index contributed by atoms with van der Waals surface area (Å²) in [5, 5.41) is 0. The van der Waals surface area contributed by atoms with Gasteiger partial charge in [-0.3, -0.25) is 9.78 Å². The largest absolute Gasteiger partial charge is 0.483 e. The monoisotopic (exact) mass is 180 g/mol. The van der Waals surface area contributed by atoms with Crippen LogP contribution >= 0.6 is 0 Å². The van der Waals surface area contributed by atoms with Gasteiger partial charge >= 0.3 is 0 Å². The second kappa shape index (κ2) is 3.89. The Balaban J connectivity index is 2.81. The van der Waals surface area contributed by atoms with E-state index in [-0.39, 0.29) is 6.61 Å². The highest BCUT2D eigenvalue weighted by atomic mass is 16.5. The summed E-state index contributed by atoms with van der Waals surface area (Å²) in [4.78, 5) is 14.5. The highest BCUT2D eigenvalue weighted by molar-refractivity contribution is 5.75. The Kier molecular flexibility index (Phi) is 2.84. The number of hydrogen-bond donors (Lipinski definition) is 1. The predicted octanol–water partition coefficient (Wildman–Crippen LogP) is 0.563. The number of aryl methyl sites for hydroxylation is 2. The molecule has 0 atom stereocenters. The van der Waals surface area contributed by atoms with E-state index in [0.29, 0.717) is 5.75 Å². The number of aromatic nitrogens is 1. The maximum absolute atomic E-state index is 10.5. The van der Waals surface area contributed by atoms with Crippen molar-refractivity contribution in [2.75, 3.05) is 6.61 Å². The molecule has 1 amide bonds. The number of carbonyl (C=O) groups is 1. The molecule has 1 aromatic rings. The number of hydrogen-bond acceptors (Lipinski definition) is 3. The number of carbonyl (C=O) groups excluding carboxylic acids is 1. The van der Waals surface area contributed by atoms with E-state index in [2.05, 4.69) is 4.98 Å². The van der Waals surface area contributed by atoms with Gasteiger partial charge in [0.25, 0.3) is 5.91 Å². The van der Waals surface area contributed by atoms with E-state index in [1.165, 1.54) is 0 Å². The summed E-state index contributed by atoms with van der Waals surface area (Å²) < 4.78 is 5.21. The molecule has 70 valence electrons. The molecule has 2 N–H and O–H groups in total. The topological polar surface area (TPSA) is 65.2 Å². The average Bonchev–Trinajstić information content (AvgIpc) is 2.03. The maximum atomic E-state index is 10.5. The number of nitrogens with zero attached hydrogens (tertiary/aromatic N) is 1. The molecule has 0 fully saturated rings. The third-order valence-electron chi connectivity index (χ3n) is 1.61. The van der Waals surface area contributed by atoms with Crippen molar-refractivity contribution >= 4 is 5.91 Å². The summed E-state index contributed by atoms with van der Waals surface area (Å²) in [5.74, 6) is 0.212. The molecule has 0 spiro atoms. The second-order valence-electron chi connectivity index (χ2n) is 2.86. The Bertz CT molecular complexity index is 303. The molecule has 4 heteroatoms. The lowest BCUT2D eigenvalue weighted by Gasteiger charge is -2.08. The summed E-state index contributed by atoms with van der Waals surface area (Å²) >= 11 is 0. The second-order valence-corrected chi connectivity index (χ2v) is 2.86. The Morgan fingerprint density at radius 1 is 1.46 bits per heavy atom. The molecule has 13 heavy (non-hydrogen) atoms. The number of primary amides is 1. The van der Waals surface area contributed by atoms with E-state index in [9.17, 15) is 4.79 Å². The van der Waals surface area contributed by atoms with Crippen molar-refractivity contribution in [3.63, 3.8) is 0 Å². The van der Waals surface area contributed by atoms with E-state index in [1.807, 2.05) is 13.8 Å². The van der Waals surface area contributed by atoms with Gasteiger partial charge in [-0.15, -0.1) is 0 Å². The highest BCUT2D eigenvalue weighted by Gasteiger charge is 2.04. The fraction of sp³-hybridized carbons (Fsp3) is 0.333. The zero-order chi connectivity index (χ0) is 9.84. The van der Waals surface area contributed by atoms with Crippen LogP contribution in [0.4, 0.5) is 0 Å². The number of pyridine rings is 1. The molecule has 4 nitrogen and oxygen atoms in total. The molecule has 1 aromatic heterocycles. The Morgan fingerprint density at radius 3 is 2.46 bits per heavy atom. The summed E-state index contributed by atoms with van der Waals surface area (Å²) in [6.07, 6.45) is 3.37. The fourth-order valence-electron chi connectivity index (χ4n) is 1.06. The molecule has 0 radical (unpaired) electrons. The molecule has 0 saturated carbocycles. The first-order chi connectivity index (χ1) is 6.11. The molecule has 0 saturated heterocycles. The van der Waals surface area contributed by atoms with Crippen LogP contribution in [0.2, 0.25) is 0 Å². The highest BCUT2D eigenvalue weighted by Crippen LogP contribution is 2.20. The molecule has 1 heterocycles. The number of ether oxygens (including phenoxy) is 1. The van der Waals surface area contributed by atoms with Crippen LogP contribution in [0.15, 0.2) is 12.4 Å². The molecular weight excluding hydrogens is 168 g/mol. The van der Waals surface area contributed by atoms with Gasteiger partial charge in [-0.1, -0.05) is 0 Å². The lowest BCUT2D eigenvalue weighted by molar-refractivity contribution is -0.119. The normalized spacial score (nSPS) is 9.69. The van der Waals surface area contributed by atoms with Crippen LogP contribution in [0.25, 0.3) is 0 Å². The molecule has 0 aliphatic carbocycles. The van der Waals surface area contributed by atoms with Crippen LogP contribution in [0.1, 0.15) is 11.1 Å². The van der Waals surface area contributed by atoms with E-state index in [0.717, 1.165) is 11.1 Å². The molecular formula is C9H12N2O2. The zero-order valence-electron chi connectivity index (χ0n) is 7.70. The molecule has 1 rings (SSSR count). The predicted molar refractivity (Wildman–Crippen MR) is 48.4 cm³/mol. The lowest BCUT2D eigenvalue weighted by atomic mass is 10.2. The fourth-order valence-corrected chi connectivity index (χ4v) is 1.06. The van der Waals surface area contributed by atoms with Crippen molar-refractivity contribution in [2.45, 2.75) is 13.8 Å². The molecule has 0 unspecified atom stereocenters. The Morgan fingerprint density at radius 2 is 2.00 bits per heavy atom. The van der Waals surface area contributed by atoms with E-state index < -0.39 is 5.91 Å². The Labute approximate surface area is 76.7 Å². The third kappa shape index (κ3) is 2.43. The minimum atomic E-state index is -0.476. The molecule has 0 aromatic carbocycles. The number of rotatable bonds is 3. The van der Waals surface area contributed by atoms with Gasteiger partial charge < -0.3 is 10.5 Å². The van der Waals surface area contributed by atoms with Gasteiger partial charge in [-0.25, -0.2) is 0 Å².